The summed E-state index contributed by atoms with van der Waals surface area (Å²) < 4.78 is 0. The number of hydrogen-bond acceptors (Lipinski definition) is 3. The molecule has 1 aromatic heterocycles. The van der Waals surface area contributed by atoms with Gasteiger partial charge >= 0.3 is 0 Å². The molecule has 1 aliphatic carbocycles. The van der Waals surface area contributed by atoms with Crippen molar-refractivity contribution >= 4 is 11.8 Å². The molecular weight excluding hydrogens is 254 g/mol. The van der Waals surface area contributed by atoms with E-state index in [1.165, 1.54) is 0 Å². The highest BCUT2D eigenvalue weighted by Crippen LogP contribution is 2.37. The van der Waals surface area contributed by atoms with E-state index in [0.717, 1.165) is 12.0 Å². The Bertz CT molecular complexity index is 475. The Morgan fingerprint density at radius 3 is 2.65 bits per heavy atom. The molecule has 5 nitrogen and oxygen atoms in total. The molecule has 0 spiro atoms. The van der Waals surface area contributed by atoms with Gasteiger partial charge in [-0.15, -0.1) is 0 Å². The highest BCUT2D eigenvalue weighted by atomic mass is 16.2. The molecule has 0 radical (unpaired) electrons. The lowest BCUT2D eigenvalue weighted by atomic mass is 10.2. The Balaban J connectivity index is 1.67. The van der Waals surface area contributed by atoms with Crippen LogP contribution in [0.1, 0.15) is 25.3 Å². The second kappa shape index (κ2) is 6.50. The van der Waals surface area contributed by atoms with Crippen LogP contribution in [0.15, 0.2) is 24.5 Å². The average molecular weight is 275 g/mol. The second-order valence-corrected chi connectivity index (χ2v) is 5.47. The van der Waals surface area contributed by atoms with Gasteiger partial charge in [0.2, 0.25) is 11.8 Å². The fraction of sp³-hybridized carbons (Fsp3) is 0.533. The van der Waals surface area contributed by atoms with Crippen molar-refractivity contribution < 1.29 is 9.59 Å². The van der Waals surface area contributed by atoms with Crippen LogP contribution in [0.3, 0.4) is 0 Å². The summed E-state index contributed by atoms with van der Waals surface area (Å²) in [7, 11) is 1.77. The van der Waals surface area contributed by atoms with Crippen LogP contribution in [0, 0.1) is 11.8 Å². The molecule has 1 aromatic rings. The summed E-state index contributed by atoms with van der Waals surface area (Å²) in [6.45, 7) is 3.05. The minimum absolute atomic E-state index is 0.0333. The number of nitrogens with zero attached hydrogens (tertiary/aromatic N) is 2. The predicted octanol–water partition coefficient (Wildman–Crippen LogP) is 1.20. The maximum Gasteiger partial charge on any atom is 0.224 e. The molecule has 1 N–H and O–H groups in total. The van der Waals surface area contributed by atoms with Gasteiger partial charge in [0.1, 0.15) is 0 Å². The van der Waals surface area contributed by atoms with Gasteiger partial charge in [-0.3, -0.25) is 14.6 Å². The Morgan fingerprint density at radius 2 is 2.05 bits per heavy atom. The van der Waals surface area contributed by atoms with Crippen LogP contribution in [0.25, 0.3) is 0 Å². The maximum atomic E-state index is 11.9. The first kappa shape index (κ1) is 14.5. The van der Waals surface area contributed by atoms with Gasteiger partial charge in [0.15, 0.2) is 0 Å². The number of hydrogen-bond donors (Lipinski definition) is 1. The topological polar surface area (TPSA) is 62.3 Å². The van der Waals surface area contributed by atoms with Crippen LogP contribution in [0.2, 0.25) is 0 Å². The first-order valence-electron chi connectivity index (χ1n) is 6.98. The van der Waals surface area contributed by atoms with Crippen LogP contribution in [-0.2, 0) is 16.1 Å². The van der Waals surface area contributed by atoms with Crippen LogP contribution in [-0.4, -0.2) is 35.3 Å². The molecule has 2 unspecified atom stereocenters. The molecule has 0 bridgehead atoms. The molecule has 0 aromatic carbocycles. The maximum absolute atomic E-state index is 11.9. The van der Waals surface area contributed by atoms with Gasteiger partial charge in [0, 0.05) is 44.9 Å². The van der Waals surface area contributed by atoms with E-state index in [-0.39, 0.29) is 17.7 Å². The molecule has 1 saturated carbocycles. The zero-order valence-electron chi connectivity index (χ0n) is 12.0. The van der Waals surface area contributed by atoms with Crippen molar-refractivity contribution in [2.45, 2.75) is 26.3 Å². The molecule has 20 heavy (non-hydrogen) atoms. The van der Waals surface area contributed by atoms with Gasteiger partial charge in [0.05, 0.1) is 0 Å². The third-order valence-corrected chi connectivity index (χ3v) is 3.68. The largest absolute Gasteiger partial charge is 0.355 e. The van der Waals surface area contributed by atoms with Gasteiger partial charge in [-0.05, 0) is 30.0 Å². The Kier molecular flexibility index (Phi) is 4.71. The smallest absolute Gasteiger partial charge is 0.224 e. The average Bonchev–Trinajstić information content (AvgIpc) is 3.17. The first-order valence-corrected chi connectivity index (χ1v) is 6.98. The quantitative estimate of drug-likeness (QED) is 0.848. The van der Waals surface area contributed by atoms with Gasteiger partial charge < -0.3 is 10.2 Å². The summed E-state index contributed by atoms with van der Waals surface area (Å²) >= 11 is 0. The third-order valence-electron chi connectivity index (χ3n) is 3.68. The molecule has 1 heterocycles. The number of aromatic nitrogens is 1. The number of nitrogens with one attached hydrogen (secondary N) is 1. The van der Waals surface area contributed by atoms with Crippen molar-refractivity contribution in [3.8, 4) is 0 Å². The highest BCUT2D eigenvalue weighted by molar-refractivity contribution is 5.82. The molecular formula is C15H21N3O2. The normalized spacial score (nSPS) is 20.3. The van der Waals surface area contributed by atoms with Crippen molar-refractivity contribution in [1.82, 2.24) is 15.2 Å². The van der Waals surface area contributed by atoms with E-state index in [1.54, 1.807) is 24.3 Å². The summed E-state index contributed by atoms with van der Waals surface area (Å²) in [5, 5.41) is 2.83. The van der Waals surface area contributed by atoms with Crippen LogP contribution in [0.4, 0.5) is 0 Å². The van der Waals surface area contributed by atoms with E-state index >= 15 is 0 Å². The van der Waals surface area contributed by atoms with E-state index in [2.05, 4.69) is 17.2 Å². The van der Waals surface area contributed by atoms with E-state index in [1.807, 2.05) is 12.1 Å². The number of amides is 2. The SMILES string of the molecule is CC1CC1C(=O)NCCC(=O)N(C)Cc1ccncc1. The second-order valence-electron chi connectivity index (χ2n) is 5.47. The zero-order chi connectivity index (χ0) is 14.5. The Hall–Kier alpha value is -1.91. The molecule has 1 aliphatic rings. The fourth-order valence-corrected chi connectivity index (χ4v) is 2.15. The fourth-order valence-electron chi connectivity index (χ4n) is 2.15. The van der Waals surface area contributed by atoms with Crippen molar-refractivity contribution in [2.75, 3.05) is 13.6 Å². The molecule has 0 aliphatic heterocycles. The summed E-state index contributed by atoms with van der Waals surface area (Å²) in [5.41, 5.74) is 1.05. The highest BCUT2D eigenvalue weighted by Gasteiger charge is 2.38. The zero-order valence-corrected chi connectivity index (χ0v) is 12.0. The molecule has 2 rings (SSSR count). The summed E-state index contributed by atoms with van der Waals surface area (Å²) in [6.07, 6.45) is 4.74. The molecule has 108 valence electrons. The minimum Gasteiger partial charge on any atom is -0.355 e. The summed E-state index contributed by atoms with van der Waals surface area (Å²) in [5.74, 6) is 0.785. The third kappa shape index (κ3) is 4.05. The lowest BCUT2D eigenvalue weighted by Crippen LogP contribution is -2.32. The van der Waals surface area contributed by atoms with Crippen molar-refractivity contribution in [1.29, 1.82) is 0 Å². The van der Waals surface area contributed by atoms with Crippen molar-refractivity contribution in [3.05, 3.63) is 30.1 Å². The predicted molar refractivity (Wildman–Crippen MR) is 75.6 cm³/mol. The van der Waals surface area contributed by atoms with Crippen LogP contribution >= 0.6 is 0 Å². The lowest BCUT2D eigenvalue weighted by Gasteiger charge is -2.17. The van der Waals surface area contributed by atoms with E-state index in [4.69, 9.17) is 0 Å². The number of carbonyl (C=O) groups is 2. The molecule has 5 heteroatoms. The minimum atomic E-state index is 0.0333. The number of rotatable bonds is 6. The van der Waals surface area contributed by atoms with E-state index in [0.29, 0.717) is 25.4 Å². The van der Waals surface area contributed by atoms with Crippen LogP contribution in [0.5, 0.6) is 0 Å². The molecule has 0 saturated heterocycles. The van der Waals surface area contributed by atoms with Gasteiger partial charge in [-0.25, -0.2) is 0 Å². The lowest BCUT2D eigenvalue weighted by molar-refractivity contribution is -0.130. The molecule has 2 amide bonds. The molecule has 2 atom stereocenters. The monoisotopic (exact) mass is 275 g/mol. The first-order chi connectivity index (χ1) is 9.58. The van der Waals surface area contributed by atoms with Gasteiger partial charge in [0.25, 0.3) is 0 Å². The van der Waals surface area contributed by atoms with Gasteiger partial charge in [-0.1, -0.05) is 6.92 Å². The number of carbonyl (C=O) groups excluding carboxylic acids is 2. The van der Waals surface area contributed by atoms with E-state index in [9.17, 15) is 9.59 Å². The molecule has 1 fully saturated rings. The van der Waals surface area contributed by atoms with Crippen molar-refractivity contribution in [3.63, 3.8) is 0 Å². The Morgan fingerprint density at radius 1 is 1.40 bits per heavy atom. The number of pyridine rings is 1. The van der Waals surface area contributed by atoms with Crippen molar-refractivity contribution in [2.24, 2.45) is 11.8 Å². The standard InChI is InChI=1S/C15H21N3O2/c1-11-9-13(11)15(20)17-8-5-14(19)18(2)10-12-3-6-16-7-4-12/h3-4,6-7,11,13H,5,8-10H2,1-2H3,(H,17,20). The van der Waals surface area contributed by atoms with Crippen LogP contribution < -0.4 is 5.32 Å². The summed E-state index contributed by atoms with van der Waals surface area (Å²) in [6, 6.07) is 3.78. The Labute approximate surface area is 119 Å². The van der Waals surface area contributed by atoms with Gasteiger partial charge in [-0.2, -0.15) is 0 Å². The summed E-state index contributed by atoms with van der Waals surface area (Å²) in [4.78, 5) is 29.2. The van der Waals surface area contributed by atoms with E-state index < -0.39 is 0 Å².